The maximum Gasteiger partial charge on any atom is 0.433 e. The number of benzene rings is 1. The average Bonchev–Trinajstić information content (AvgIpc) is 3.57. The predicted octanol–water partition coefficient (Wildman–Crippen LogP) is 7.08. The minimum Gasteiger partial charge on any atom is -0.358 e. The van der Waals surface area contributed by atoms with Crippen LogP contribution in [0.5, 0.6) is 0 Å². The molecule has 0 aliphatic carbocycles. The van der Waals surface area contributed by atoms with Gasteiger partial charge in [0, 0.05) is 37.2 Å². The van der Waals surface area contributed by atoms with Crippen LogP contribution in [-0.2, 0) is 27.8 Å². The van der Waals surface area contributed by atoms with E-state index in [9.17, 15) is 30.4 Å². The van der Waals surface area contributed by atoms with Gasteiger partial charge >= 0.3 is 6.18 Å². The average molecular weight is 677 g/mol. The van der Waals surface area contributed by atoms with Crippen molar-refractivity contribution in [3.05, 3.63) is 65.7 Å². The number of nitrogens with one attached hydrogen (secondary N) is 2. The topological polar surface area (TPSA) is 129 Å². The van der Waals surface area contributed by atoms with E-state index in [1.54, 1.807) is 23.9 Å². The van der Waals surface area contributed by atoms with Crippen LogP contribution < -0.4 is 10.6 Å². The van der Waals surface area contributed by atoms with E-state index in [0.717, 1.165) is 30.5 Å². The first-order valence-corrected chi connectivity index (χ1v) is 16.3. The van der Waals surface area contributed by atoms with Gasteiger partial charge in [-0.25, -0.2) is 32.2 Å². The van der Waals surface area contributed by atoms with Gasteiger partial charge in [-0.3, -0.25) is 9.25 Å². The number of aromatic nitrogens is 6. The van der Waals surface area contributed by atoms with Crippen molar-refractivity contribution in [2.75, 3.05) is 23.5 Å². The molecule has 1 aliphatic heterocycles. The number of aryl methyl sites for hydroxylation is 2. The Morgan fingerprint density at radius 1 is 0.979 bits per heavy atom. The highest BCUT2D eigenvalue weighted by atomic mass is 32.2. The normalized spacial score (nSPS) is 15.8. The summed E-state index contributed by atoms with van der Waals surface area (Å²) in [5.74, 6) is -0.898. The zero-order chi connectivity index (χ0) is 33.7. The first-order chi connectivity index (χ1) is 22.2. The molecule has 11 nitrogen and oxygen atoms in total. The number of rotatable bonds is 8. The van der Waals surface area contributed by atoms with Crippen LogP contribution in [0.4, 0.5) is 45.0 Å². The van der Waals surface area contributed by atoms with Gasteiger partial charge in [-0.05, 0) is 56.5 Å². The molecule has 5 heterocycles. The second kappa shape index (κ2) is 12.2. The molecule has 1 atom stereocenters. The number of nitrogens with zero attached hydrogens (tertiary/aromatic N) is 6. The number of imidazole rings is 1. The standard InChI is InChI=1S/C30H29F5N8O3S/c1-16-13-19(41-42(16)2)17-10-11-18(21(14-17)47(3,44)45)36-20-15-24(38-23-8-6-7-22(37-23)30(33,34)35)39-28-26(20)40-29(27(31)32)43(28)25-9-4-5-12-46-25/h6-8,10-11,13-15,25,27H,4-5,9,12H2,1-3H3,(H2,36,37,38,39). The number of halogens is 5. The zero-order valence-electron chi connectivity index (χ0n) is 25.3. The lowest BCUT2D eigenvalue weighted by atomic mass is 10.1. The summed E-state index contributed by atoms with van der Waals surface area (Å²) in [6.07, 6.45) is -5.71. The lowest BCUT2D eigenvalue weighted by molar-refractivity contribution is -0.141. The lowest BCUT2D eigenvalue weighted by Crippen LogP contribution is -2.20. The number of sulfone groups is 1. The third-order valence-corrected chi connectivity index (χ3v) is 8.81. The fourth-order valence-corrected chi connectivity index (χ4v) is 6.20. The molecule has 1 aromatic carbocycles. The molecule has 4 aromatic heterocycles. The Kier molecular flexibility index (Phi) is 8.38. The molecule has 248 valence electrons. The number of anilines is 4. The smallest absolute Gasteiger partial charge is 0.358 e. The molecule has 0 radical (unpaired) electrons. The largest absolute Gasteiger partial charge is 0.433 e. The summed E-state index contributed by atoms with van der Waals surface area (Å²) in [6, 6.07) is 11.0. The van der Waals surface area contributed by atoms with Crippen molar-refractivity contribution in [3.63, 3.8) is 0 Å². The van der Waals surface area contributed by atoms with E-state index in [2.05, 4.69) is 30.7 Å². The number of fused-ring (bicyclic) bond motifs is 1. The monoisotopic (exact) mass is 676 g/mol. The Labute approximate surface area is 265 Å². The summed E-state index contributed by atoms with van der Waals surface area (Å²) in [5, 5.41) is 10.2. The first kappa shape index (κ1) is 32.3. The van der Waals surface area contributed by atoms with Gasteiger partial charge in [0.15, 0.2) is 21.3 Å². The maximum atomic E-state index is 14.4. The third-order valence-electron chi connectivity index (χ3n) is 7.67. The Hall–Kier alpha value is -4.64. The van der Waals surface area contributed by atoms with E-state index in [1.807, 2.05) is 6.92 Å². The van der Waals surface area contributed by atoms with Gasteiger partial charge in [-0.15, -0.1) is 0 Å². The van der Waals surface area contributed by atoms with Crippen molar-refractivity contribution >= 4 is 44.0 Å². The van der Waals surface area contributed by atoms with Crippen LogP contribution in [0.25, 0.3) is 22.4 Å². The van der Waals surface area contributed by atoms with Crippen molar-refractivity contribution in [1.82, 2.24) is 29.3 Å². The molecule has 0 saturated carbocycles. The molecule has 17 heteroatoms. The van der Waals surface area contributed by atoms with E-state index in [-0.39, 0.29) is 39.1 Å². The van der Waals surface area contributed by atoms with Gasteiger partial charge in [-0.1, -0.05) is 12.1 Å². The van der Waals surface area contributed by atoms with E-state index < -0.39 is 40.2 Å². The molecule has 1 saturated heterocycles. The van der Waals surface area contributed by atoms with Crippen molar-refractivity contribution in [2.45, 2.75) is 49.9 Å². The molecule has 47 heavy (non-hydrogen) atoms. The van der Waals surface area contributed by atoms with Crippen LogP contribution in [0.15, 0.2) is 53.4 Å². The first-order valence-electron chi connectivity index (χ1n) is 14.4. The van der Waals surface area contributed by atoms with Gasteiger partial charge in [0.25, 0.3) is 6.43 Å². The minimum absolute atomic E-state index is 0.0269. The van der Waals surface area contributed by atoms with E-state index in [4.69, 9.17) is 4.74 Å². The quantitative estimate of drug-likeness (QED) is 0.166. The number of hydrogen-bond acceptors (Lipinski definition) is 9. The highest BCUT2D eigenvalue weighted by molar-refractivity contribution is 7.90. The molecule has 1 fully saturated rings. The van der Waals surface area contributed by atoms with E-state index in [1.165, 1.54) is 28.8 Å². The molecule has 0 amide bonds. The lowest BCUT2D eigenvalue weighted by Gasteiger charge is -2.25. The fraction of sp³-hybridized carbons (Fsp3) is 0.333. The van der Waals surface area contributed by atoms with Crippen LogP contribution in [0, 0.1) is 6.92 Å². The molecular formula is C30H29F5N8O3S. The number of ether oxygens (including phenoxy) is 1. The molecule has 1 unspecified atom stereocenters. The maximum absolute atomic E-state index is 14.4. The van der Waals surface area contributed by atoms with Crippen molar-refractivity contribution < 1.29 is 35.1 Å². The number of alkyl halides is 5. The molecular weight excluding hydrogens is 647 g/mol. The van der Waals surface area contributed by atoms with Crippen LogP contribution in [0.3, 0.4) is 0 Å². The molecule has 5 aromatic rings. The third kappa shape index (κ3) is 6.62. The van der Waals surface area contributed by atoms with Crippen molar-refractivity contribution in [1.29, 1.82) is 0 Å². The van der Waals surface area contributed by atoms with Gasteiger partial charge in [0.1, 0.15) is 29.1 Å². The Morgan fingerprint density at radius 3 is 2.40 bits per heavy atom. The van der Waals surface area contributed by atoms with Gasteiger partial charge < -0.3 is 15.4 Å². The fourth-order valence-electron chi connectivity index (χ4n) is 5.34. The van der Waals surface area contributed by atoms with Crippen LogP contribution in [-0.4, -0.2) is 50.6 Å². The zero-order valence-corrected chi connectivity index (χ0v) is 26.1. The van der Waals surface area contributed by atoms with Gasteiger partial charge in [-0.2, -0.15) is 18.3 Å². The van der Waals surface area contributed by atoms with Crippen molar-refractivity contribution in [3.8, 4) is 11.3 Å². The molecule has 6 rings (SSSR count). The summed E-state index contributed by atoms with van der Waals surface area (Å²) in [5.41, 5.74) is 0.855. The molecule has 2 N–H and O–H groups in total. The highest BCUT2D eigenvalue weighted by Crippen LogP contribution is 2.38. The summed E-state index contributed by atoms with van der Waals surface area (Å²) in [7, 11) is -2.11. The Morgan fingerprint density at radius 2 is 1.77 bits per heavy atom. The van der Waals surface area contributed by atoms with Crippen molar-refractivity contribution in [2.24, 2.45) is 7.05 Å². The Balaban J connectivity index is 1.51. The highest BCUT2D eigenvalue weighted by Gasteiger charge is 2.33. The Bertz CT molecular complexity index is 2050. The van der Waals surface area contributed by atoms with Crippen LogP contribution in [0.1, 0.15) is 49.1 Å². The van der Waals surface area contributed by atoms with Crippen LogP contribution in [0.2, 0.25) is 0 Å². The predicted molar refractivity (Wildman–Crippen MR) is 164 cm³/mol. The SMILES string of the molecule is Cc1cc(-c2ccc(Nc3cc(Nc4cccc(C(F)(F)F)n4)nc4c3nc(C(F)F)n4C3CCCCO3)c(S(C)(=O)=O)c2)nn1C. The van der Waals surface area contributed by atoms with Crippen LogP contribution >= 0.6 is 0 Å². The summed E-state index contributed by atoms with van der Waals surface area (Å²) in [6.45, 7) is 2.17. The van der Waals surface area contributed by atoms with E-state index in [0.29, 0.717) is 30.7 Å². The van der Waals surface area contributed by atoms with Gasteiger partial charge in [0.05, 0.1) is 22.0 Å². The van der Waals surface area contributed by atoms with E-state index >= 15 is 0 Å². The number of hydrogen-bond donors (Lipinski definition) is 2. The summed E-state index contributed by atoms with van der Waals surface area (Å²) < 4.78 is 104. The summed E-state index contributed by atoms with van der Waals surface area (Å²) >= 11 is 0. The molecule has 0 spiro atoms. The molecule has 0 bridgehead atoms. The molecule has 1 aliphatic rings. The van der Waals surface area contributed by atoms with Gasteiger partial charge in [0.2, 0.25) is 0 Å². The second-order valence-corrected chi connectivity index (χ2v) is 13.1. The number of pyridine rings is 2. The second-order valence-electron chi connectivity index (χ2n) is 11.1. The minimum atomic E-state index is -4.72. The summed E-state index contributed by atoms with van der Waals surface area (Å²) in [4.78, 5) is 12.2.